The highest BCUT2D eigenvalue weighted by Crippen LogP contribution is 2.33. The first-order valence-electron chi connectivity index (χ1n) is 8.13. The Morgan fingerprint density at radius 2 is 1.81 bits per heavy atom. The van der Waals surface area contributed by atoms with E-state index in [-0.39, 0.29) is 41.7 Å². The van der Waals surface area contributed by atoms with Crippen LogP contribution in [0.5, 0.6) is 5.75 Å². The first-order chi connectivity index (χ1) is 12.3. The van der Waals surface area contributed by atoms with Gasteiger partial charge >= 0.3 is 0 Å². The van der Waals surface area contributed by atoms with E-state index in [9.17, 15) is 13.6 Å². The van der Waals surface area contributed by atoms with Crippen LogP contribution in [0.3, 0.4) is 0 Å². The molecular weight excluding hydrogens is 366 g/mol. The summed E-state index contributed by atoms with van der Waals surface area (Å²) in [5.74, 6) is -1.56. The lowest BCUT2D eigenvalue weighted by Gasteiger charge is -2.21. The van der Waals surface area contributed by atoms with Gasteiger partial charge < -0.3 is 14.1 Å². The molecule has 0 amide bonds. The van der Waals surface area contributed by atoms with Crippen LogP contribution < -0.4 is 10.3 Å². The number of aromatic nitrogens is 1. The molecule has 0 N–H and O–H groups in total. The number of nitrogens with zero attached hydrogens (tertiary/aromatic N) is 2. The summed E-state index contributed by atoms with van der Waals surface area (Å²) in [5, 5.41) is 1.44. The molecule has 1 aromatic carbocycles. The molecule has 0 radical (unpaired) electrons. The van der Waals surface area contributed by atoms with Gasteiger partial charge in [-0.15, -0.1) is 0 Å². The van der Waals surface area contributed by atoms with Crippen LogP contribution in [0, 0.1) is 11.6 Å². The van der Waals surface area contributed by atoms with Gasteiger partial charge in [-0.05, 0) is 25.5 Å². The molecule has 5 nitrogen and oxygen atoms in total. The van der Waals surface area contributed by atoms with E-state index in [0.29, 0.717) is 5.56 Å². The standard InChI is InChI=1S/C18H21ClF2N2O3/c1-5-23-17(11(10-22(3)25-4)7-13(19)18(23)24)16-14(20)8-12(26-6-2)9-15(16)21/h7-9H,5-6,10H2,1-4H3. The molecule has 0 aliphatic carbocycles. The fraction of sp³-hybridized carbons (Fsp3) is 0.389. The first kappa shape index (κ1) is 20.4. The van der Waals surface area contributed by atoms with E-state index in [1.54, 1.807) is 20.9 Å². The fourth-order valence-corrected chi connectivity index (χ4v) is 2.97. The molecule has 0 fully saturated rings. The molecule has 1 aromatic heterocycles. The number of hydrogen-bond donors (Lipinski definition) is 0. The van der Waals surface area contributed by atoms with Crippen molar-refractivity contribution in [1.29, 1.82) is 0 Å². The number of pyridine rings is 1. The Bertz CT molecular complexity index is 832. The average Bonchev–Trinajstić information content (AvgIpc) is 2.58. The molecule has 0 bridgehead atoms. The highest BCUT2D eigenvalue weighted by Gasteiger charge is 2.23. The van der Waals surface area contributed by atoms with Crippen molar-refractivity contribution in [2.45, 2.75) is 26.9 Å². The van der Waals surface area contributed by atoms with Crippen LogP contribution in [0.2, 0.25) is 5.02 Å². The Morgan fingerprint density at radius 3 is 2.31 bits per heavy atom. The van der Waals surface area contributed by atoms with Crippen LogP contribution in [0.1, 0.15) is 19.4 Å². The summed E-state index contributed by atoms with van der Waals surface area (Å²) < 4.78 is 35.9. The van der Waals surface area contributed by atoms with Crippen LogP contribution >= 0.6 is 11.6 Å². The molecule has 8 heteroatoms. The number of hydrogen-bond acceptors (Lipinski definition) is 4. The Hall–Kier alpha value is -1.96. The normalized spacial score (nSPS) is 11.2. The Kier molecular flexibility index (Phi) is 6.75. The second-order valence-electron chi connectivity index (χ2n) is 5.58. The van der Waals surface area contributed by atoms with Gasteiger partial charge in [-0.3, -0.25) is 4.79 Å². The Labute approximate surface area is 155 Å². The van der Waals surface area contributed by atoms with Crippen molar-refractivity contribution in [3.63, 3.8) is 0 Å². The third kappa shape index (κ3) is 4.06. The quantitative estimate of drug-likeness (QED) is 0.678. The van der Waals surface area contributed by atoms with Gasteiger partial charge in [0.15, 0.2) is 0 Å². The zero-order chi connectivity index (χ0) is 19.4. The maximum atomic E-state index is 14.8. The molecule has 0 saturated heterocycles. The van der Waals surface area contributed by atoms with Gasteiger partial charge in [-0.2, -0.15) is 5.06 Å². The number of halogens is 3. The number of ether oxygens (including phenoxy) is 1. The van der Waals surface area contributed by atoms with Gasteiger partial charge in [0.25, 0.3) is 5.56 Å². The minimum atomic E-state index is -0.821. The largest absolute Gasteiger partial charge is 0.494 e. The topological polar surface area (TPSA) is 43.7 Å². The molecule has 0 unspecified atom stereocenters. The van der Waals surface area contributed by atoms with Crippen molar-refractivity contribution in [1.82, 2.24) is 9.63 Å². The van der Waals surface area contributed by atoms with Crippen molar-refractivity contribution >= 4 is 11.6 Å². The van der Waals surface area contributed by atoms with Crippen LogP contribution in [-0.2, 0) is 17.9 Å². The molecule has 1 heterocycles. The van der Waals surface area contributed by atoms with E-state index in [1.165, 1.54) is 22.8 Å². The Balaban J connectivity index is 2.79. The first-order valence-corrected chi connectivity index (χ1v) is 8.51. The van der Waals surface area contributed by atoms with Crippen LogP contribution in [0.15, 0.2) is 23.0 Å². The van der Waals surface area contributed by atoms with E-state index in [4.69, 9.17) is 21.2 Å². The maximum Gasteiger partial charge on any atom is 0.269 e. The van der Waals surface area contributed by atoms with Crippen LogP contribution in [0.4, 0.5) is 8.78 Å². The van der Waals surface area contributed by atoms with Gasteiger partial charge in [0.1, 0.15) is 22.4 Å². The van der Waals surface area contributed by atoms with Crippen LogP contribution in [0.25, 0.3) is 11.3 Å². The van der Waals surface area contributed by atoms with E-state index < -0.39 is 17.2 Å². The molecule has 26 heavy (non-hydrogen) atoms. The highest BCUT2D eigenvalue weighted by molar-refractivity contribution is 6.30. The van der Waals surface area contributed by atoms with Crippen molar-refractivity contribution in [3.8, 4) is 17.0 Å². The molecule has 142 valence electrons. The maximum absolute atomic E-state index is 14.8. The number of hydroxylamine groups is 2. The average molecular weight is 387 g/mol. The molecule has 2 aromatic rings. The SMILES string of the molecule is CCOc1cc(F)c(-c2c(CN(C)OC)cc(Cl)c(=O)n2CC)c(F)c1. The lowest BCUT2D eigenvalue weighted by Crippen LogP contribution is -2.26. The van der Waals surface area contributed by atoms with Gasteiger partial charge in [-0.25, -0.2) is 8.78 Å². The smallest absolute Gasteiger partial charge is 0.269 e. The van der Waals surface area contributed by atoms with E-state index in [0.717, 1.165) is 12.1 Å². The van der Waals surface area contributed by atoms with E-state index in [1.807, 2.05) is 0 Å². The van der Waals surface area contributed by atoms with Crippen molar-refractivity contribution in [2.75, 3.05) is 20.8 Å². The van der Waals surface area contributed by atoms with Crippen molar-refractivity contribution in [3.05, 3.63) is 50.8 Å². The summed E-state index contributed by atoms with van der Waals surface area (Å²) in [7, 11) is 3.12. The van der Waals surface area contributed by atoms with Crippen molar-refractivity contribution < 1.29 is 18.4 Å². The molecular formula is C18H21ClF2N2O3. The van der Waals surface area contributed by atoms with Gasteiger partial charge in [0.2, 0.25) is 0 Å². The Morgan fingerprint density at radius 1 is 1.19 bits per heavy atom. The zero-order valence-electron chi connectivity index (χ0n) is 15.1. The summed E-state index contributed by atoms with van der Waals surface area (Å²) in [5.41, 5.74) is -0.226. The van der Waals surface area contributed by atoms with E-state index >= 15 is 0 Å². The summed E-state index contributed by atoms with van der Waals surface area (Å²) in [6, 6.07) is 3.62. The summed E-state index contributed by atoms with van der Waals surface area (Å²) in [6.07, 6.45) is 0. The molecule has 0 aliphatic rings. The highest BCUT2D eigenvalue weighted by atomic mass is 35.5. The lowest BCUT2D eigenvalue weighted by molar-refractivity contribution is -0.116. The predicted octanol–water partition coefficient (Wildman–Crippen LogP) is 3.86. The molecule has 0 spiro atoms. The molecule has 0 aliphatic heterocycles. The minimum Gasteiger partial charge on any atom is -0.494 e. The lowest BCUT2D eigenvalue weighted by atomic mass is 10.0. The molecule has 2 rings (SSSR count). The van der Waals surface area contributed by atoms with E-state index in [2.05, 4.69) is 0 Å². The number of rotatable bonds is 7. The zero-order valence-corrected chi connectivity index (χ0v) is 15.9. The fourth-order valence-electron chi connectivity index (χ4n) is 2.74. The predicted molar refractivity (Wildman–Crippen MR) is 96.4 cm³/mol. The summed E-state index contributed by atoms with van der Waals surface area (Å²) >= 11 is 6.03. The van der Waals surface area contributed by atoms with Gasteiger partial charge in [-0.1, -0.05) is 11.6 Å². The number of benzene rings is 1. The van der Waals surface area contributed by atoms with Gasteiger partial charge in [0.05, 0.1) is 31.5 Å². The molecule has 0 atom stereocenters. The molecule has 0 saturated carbocycles. The second-order valence-corrected chi connectivity index (χ2v) is 5.99. The van der Waals surface area contributed by atoms with Crippen molar-refractivity contribution in [2.24, 2.45) is 0 Å². The third-order valence-electron chi connectivity index (χ3n) is 3.91. The minimum absolute atomic E-state index is 0.0261. The monoisotopic (exact) mass is 386 g/mol. The summed E-state index contributed by atoms with van der Waals surface area (Å²) in [4.78, 5) is 17.5. The van der Waals surface area contributed by atoms with Gasteiger partial charge in [0, 0.05) is 25.7 Å². The third-order valence-corrected chi connectivity index (χ3v) is 4.18. The van der Waals surface area contributed by atoms with Crippen LogP contribution in [-0.4, -0.2) is 30.4 Å². The summed E-state index contributed by atoms with van der Waals surface area (Å²) in [6.45, 7) is 4.08. The second kappa shape index (κ2) is 8.62.